The molecule has 0 bridgehead atoms. The molecule has 0 aliphatic carbocycles. The lowest BCUT2D eigenvalue weighted by molar-refractivity contribution is -0.143. The van der Waals surface area contributed by atoms with Gasteiger partial charge in [-0.2, -0.15) is 0 Å². The molecule has 0 amide bonds. The van der Waals surface area contributed by atoms with E-state index in [0.29, 0.717) is 5.75 Å². The molecule has 1 aromatic rings. The fourth-order valence-electron chi connectivity index (χ4n) is 1.44. The Labute approximate surface area is 112 Å². The van der Waals surface area contributed by atoms with Gasteiger partial charge in [0.05, 0.1) is 20.1 Å². The van der Waals surface area contributed by atoms with Gasteiger partial charge >= 0.3 is 5.97 Å². The lowest BCUT2D eigenvalue weighted by Gasteiger charge is -2.12. The Bertz CT molecular complexity index is 401. The van der Waals surface area contributed by atoms with Crippen molar-refractivity contribution in [2.24, 2.45) is 5.73 Å². The van der Waals surface area contributed by atoms with E-state index in [1.807, 2.05) is 0 Å². The van der Waals surface area contributed by atoms with Crippen LogP contribution in [0.1, 0.15) is 24.9 Å². The normalized spacial score (nSPS) is 11.3. The second-order valence-corrected chi connectivity index (χ2v) is 3.50. The quantitative estimate of drug-likeness (QED) is 0.838. The molecule has 4 nitrogen and oxygen atoms in total. The molecular weight excluding hydrogens is 261 g/mol. The average Bonchev–Trinajstić information content (AvgIpc) is 2.28. The maximum atomic E-state index is 13.6. The summed E-state index contributed by atoms with van der Waals surface area (Å²) in [4.78, 5) is 11.2. The van der Waals surface area contributed by atoms with Crippen LogP contribution in [0.2, 0.25) is 0 Å². The van der Waals surface area contributed by atoms with E-state index in [1.165, 1.54) is 19.2 Å². The first-order chi connectivity index (χ1) is 8.08. The Morgan fingerprint density at radius 3 is 2.67 bits per heavy atom. The SMILES string of the molecule is CCOC(=O)C[C@H](N)c1ccc(OC)cc1F.Cl. The third-order valence-electron chi connectivity index (χ3n) is 2.30. The highest BCUT2D eigenvalue weighted by atomic mass is 35.5. The Morgan fingerprint density at radius 1 is 1.50 bits per heavy atom. The zero-order chi connectivity index (χ0) is 12.8. The van der Waals surface area contributed by atoms with E-state index in [1.54, 1.807) is 13.0 Å². The van der Waals surface area contributed by atoms with Crippen LogP contribution in [-0.2, 0) is 9.53 Å². The summed E-state index contributed by atoms with van der Waals surface area (Å²) in [6, 6.07) is 3.64. The number of ether oxygens (including phenoxy) is 2. The van der Waals surface area contributed by atoms with Gasteiger partial charge in [0, 0.05) is 17.7 Å². The van der Waals surface area contributed by atoms with Gasteiger partial charge in [-0.15, -0.1) is 12.4 Å². The summed E-state index contributed by atoms with van der Waals surface area (Å²) in [6.07, 6.45) is -0.0446. The molecule has 0 fully saturated rings. The fraction of sp³-hybridized carbons (Fsp3) is 0.417. The fourth-order valence-corrected chi connectivity index (χ4v) is 1.44. The molecule has 18 heavy (non-hydrogen) atoms. The van der Waals surface area contributed by atoms with Gasteiger partial charge < -0.3 is 15.2 Å². The van der Waals surface area contributed by atoms with Crippen molar-refractivity contribution in [1.82, 2.24) is 0 Å². The summed E-state index contributed by atoms with van der Waals surface area (Å²) >= 11 is 0. The minimum absolute atomic E-state index is 0. The van der Waals surface area contributed by atoms with Crippen LogP contribution in [0.4, 0.5) is 4.39 Å². The van der Waals surface area contributed by atoms with Crippen molar-refractivity contribution in [3.63, 3.8) is 0 Å². The molecule has 0 aliphatic rings. The minimum Gasteiger partial charge on any atom is -0.497 e. The van der Waals surface area contributed by atoms with Gasteiger partial charge in [0.2, 0.25) is 0 Å². The van der Waals surface area contributed by atoms with Gasteiger partial charge in [-0.25, -0.2) is 4.39 Å². The molecule has 1 aromatic carbocycles. The number of methoxy groups -OCH3 is 1. The topological polar surface area (TPSA) is 61.5 Å². The average molecular weight is 278 g/mol. The van der Waals surface area contributed by atoms with Crippen LogP contribution < -0.4 is 10.5 Å². The standard InChI is InChI=1S/C12H16FNO3.ClH/c1-3-17-12(15)7-11(14)9-5-4-8(16-2)6-10(9)13;/h4-6,11H,3,7,14H2,1-2H3;1H/t11-;/m0./s1. The first-order valence-electron chi connectivity index (χ1n) is 5.33. The number of hydrogen-bond acceptors (Lipinski definition) is 4. The zero-order valence-corrected chi connectivity index (χ0v) is 11.1. The molecule has 0 heterocycles. The molecule has 1 rings (SSSR count). The van der Waals surface area contributed by atoms with Crippen molar-refractivity contribution in [3.8, 4) is 5.75 Å². The number of esters is 1. The van der Waals surface area contributed by atoms with Crippen molar-refractivity contribution < 1.29 is 18.7 Å². The molecule has 1 atom stereocenters. The Kier molecular flexibility index (Phi) is 7.31. The van der Waals surface area contributed by atoms with Crippen molar-refractivity contribution >= 4 is 18.4 Å². The summed E-state index contributed by atoms with van der Waals surface area (Å²) in [5.74, 6) is -0.508. The summed E-state index contributed by atoms with van der Waals surface area (Å²) in [7, 11) is 1.45. The van der Waals surface area contributed by atoms with Gasteiger partial charge in [-0.3, -0.25) is 4.79 Å². The number of carbonyl (C=O) groups is 1. The highest BCUT2D eigenvalue weighted by Crippen LogP contribution is 2.22. The molecule has 102 valence electrons. The first kappa shape index (κ1) is 16.7. The lowest BCUT2D eigenvalue weighted by atomic mass is 10.0. The molecule has 0 aliphatic heterocycles. The maximum absolute atomic E-state index is 13.6. The number of nitrogens with two attached hydrogens (primary N) is 1. The molecule has 0 radical (unpaired) electrons. The van der Waals surface area contributed by atoms with Crippen molar-refractivity contribution in [2.45, 2.75) is 19.4 Å². The van der Waals surface area contributed by atoms with E-state index in [-0.39, 0.29) is 31.0 Å². The second-order valence-electron chi connectivity index (χ2n) is 3.50. The van der Waals surface area contributed by atoms with Crippen LogP contribution in [0.5, 0.6) is 5.75 Å². The van der Waals surface area contributed by atoms with Crippen LogP contribution in [-0.4, -0.2) is 19.7 Å². The van der Waals surface area contributed by atoms with E-state index >= 15 is 0 Å². The Balaban J connectivity index is 0.00000289. The Morgan fingerprint density at radius 2 is 2.17 bits per heavy atom. The largest absolute Gasteiger partial charge is 0.497 e. The monoisotopic (exact) mass is 277 g/mol. The van der Waals surface area contributed by atoms with Gasteiger partial charge in [-0.1, -0.05) is 6.07 Å². The first-order valence-corrected chi connectivity index (χ1v) is 5.33. The van der Waals surface area contributed by atoms with Gasteiger partial charge in [0.15, 0.2) is 0 Å². The van der Waals surface area contributed by atoms with Crippen LogP contribution >= 0.6 is 12.4 Å². The summed E-state index contributed by atoms with van der Waals surface area (Å²) < 4.78 is 23.2. The lowest BCUT2D eigenvalue weighted by Crippen LogP contribution is -2.18. The number of rotatable bonds is 5. The number of hydrogen-bond donors (Lipinski definition) is 1. The molecule has 0 saturated carbocycles. The zero-order valence-electron chi connectivity index (χ0n) is 10.3. The molecule has 6 heteroatoms. The van der Waals surface area contributed by atoms with E-state index in [0.717, 1.165) is 0 Å². The Hall–Kier alpha value is -1.33. The van der Waals surface area contributed by atoms with Gasteiger partial charge in [0.25, 0.3) is 0 Å². The van der Waals surface area contributed by atoms with Gasteiger partial charge in [0.1, 0.15) is 11.6 Å². The van der Waals surface area contributed by atoms with E-state index < -0.39 is 17.8 Å². The molecule has 0 spiro atoms. The van der Waals surface area contributed by atoms with Crippen LogP contribution in [0, 0.1) is 5.82 Å². The number of carbonyl (C=O) groups excluding carboxylic acids is 1. The van der Waals surface area contributed by atoms with Crippen LogP contribution in [0.3, 0.4) is 0 Å². The molecular formula is C12H17ClFNO3. The van der Waals surface area contributed by atoms with E-state index in [2.05, 4.69) is 0 Å². The number of halogens is 2. The van der Waals surface area contributed by atoms with E-state index in [4.69, 9.17) is 15.2 Å². The van der Waals surface area contributed by atoms with Crippen molar-refractivity contribution in [3.05, 3.63) is 29.6 Å². The smallest absolute Gasteiger partial charge is 0.307 e. The third-order valence-corrected chi connectivity index (χ3v) is 2.30. The predicted molar refractivity (Wildman–Crippen MR) is 68.4 cm³/mol. The highest BCUT2D eigenvalue weighted by Gasteiger charge is 2.16. The molecule has 0 saturated heterocycles. The van der Waals surface area contributed by atoms with Crippen molar-refractivity contribution in [2.75, 3.05) is 13.7 Å². The van der Waals surface area contributed by atoms with Crippen molar-refractivity contribution in [1.29, 1.82) is 0 Å². The summed E-state index contributed by atoms with van der Waals surface area (Å²) in [6.45, 7) is 1.99. The predicted octanol–water partition coefficient (Wildman–Crippen LogP) is 2.21. The molecule has 0 unspecified atom stereocenters. The highest BCUT2D eigenvalue weighted by molar-refractivity contribution is 5.85. The summed E-state index contributed by atoms with van der Waals surface area (Å²) in [5.41, 5.74) is 6.01. The molecule has 0 aromatic heterocycles. The maximum Gasteiger partial charge on any atom is 0.307 e. The summed E-state index contributed by atoms with van der Waals surface area (Å²) in [5, 5.41) is 0. The van der Waals surface area contributed by atoms with Crippen LogP contribution in [0.25, 0.3) is 0 Å². The minimum atomic E-state index is -0.708. The van der Waals surface area contributed by atoms with E-state index in [9.17, 15) is 9.18 Å². The van der Waals surface area contributed by atoms with Crippen LogP contribution in [0.15, 0.2) is 18.2 Å². The number of benzene rings is 1. The van der Waals surface area contributed by atoms with Gasteiger partial charge in [-0.05, 0) is 13.0 Å². The second kappa shape index (κ2) is 7.89. The molecule has 2 N–H and O–H groups in total. The third kappa shape index (κ3) is 4.50.